The Morgan fingerprint density at radius 3 is 3.00 bits per heavy atom. The molecule has 1 aromatic rings. The molecule has 1 aliphatic rings. The Morgan fingerprint density at radius 2 is 2.40 bits per heavy atom. The molecule has 2 rings (SSSR count). The molecule has 0 radical (unpaired) electrons. The van der Waals surface area contributed by atoms with E-state index in [1.165, 1.54) is 0 Å². The van der Waals surface area contributed by atoms with E-state index in [2.05, 4.69) is 10.1 Å². The van der Waals surface area contributed by atoms with Crippen molar-refractivity contribution in [3.63, 3.8) is 0 Å². The summed E-state index contributed by atoms with van der Waals surface area (Å²) in [6, 6.07) is -0.131. The minimum atomic E-state index is -0.131. The summed E-state index contributed by atoms with van der Waals surface area (Å²) in [6.07, 6.45) is 2.82. The molecular weight excluding hydrogens is 218 g/mol. The predicted octanol–water partition coefficient (Wildman–Crippen LogP) is 1.75. The number of hydrogen-bond acceptors (Lipinski definition) is 5. The van der Waals surface area contributed by atoms with Crippen LogP contribution in [-0.4, -0.2) is 16.7 Å². The number of nitrogens with zero attached hydrogens (tertiary/aromatic N) is 2. The Hall–Kier alpha value is -0.650. The Labute approximate surface area is 94.8 Å². The number of hydrogen-bond donors (Lipinski definition) is 1. The van der Waals surface area contributed by atoms with Gasteiger partial charge >= 0.3 is 0 Å². The molecule has 2 heterocycles. The highest BCUT2D eigenvalue weighted by atomic mass is 35.5. The van der Waals surface area contributed by atoms with Crippen LogP contribution < -0.4 is 5.73 Å². The molecule has 1 fully saturated rings. The maximum Gasteiger partial charge on any atom is 0.255 e. The minimum absolute atomic E-state index is 0. The van der Waals surface area contributed by atoms with Crippen LogP contribution in [-0.2, 0) is 4.74 Å². The number of aromatic nitrogens is 2. The summed E-state index contributed by atoms with van der Waals surface area (Å²) in [6.45, 7) is 2.77. The molecule has 15 heavy (non-hydrogen) atoms. The van der Waals surface area contributed by atoms with Crippen molar-refractivity contribution in [1.82, 2.24) is 10.1 Å². The van der Waals surface area contributed by atoms with Crippen molar-refractivity contribution in [2.75, 3.05) is 6.61 Å². The summed E-state index contributed by atoms with van der Waals surface area (Å²) in [4.78, 5) is 4.24. The zero-order valence-electron chi connectivity index (χ0n) is 8.68. The SMILES string of the molecule is CCC(N)c1noc([C@@H]2CCCO2)n1.Cl. The molecular formula is C9H16ClN3O2. The maximum atomic E-state index is 5.78. The lowest BCUT2D eigenvalue weighted by Gasteiger charge is -2.02. The first kappa shape index (κ1) is 12.4. The quantitative estimate of drug-likeness (QED) is 0.861. The van der Waals surface area contributed by atoms with Gasteiger partial charge in [0.05, 0.1) is 6.04 Å². The maximum absolute atomic E-state index is 5.78. The molecule has 5 nitrogen and oxygen atoms in total. The van der Waals surface area contributed by atoms with Crippen molar-refractivity contribution < 1.29 is 9.26 Å². The summed E-state index contributed by atoms with van der Waals surface area (Å²) in [5, 5.41) is 3.84. The molecule has 0 bridgehead atoms. The molecule has 0 amide bonds. The molecule has 86 valence electrons. The van der Waals surface area contributed by atoms with E-state index >= 15 is 0 Å². The van der Waals surface area contributed by atoms with Gasteiger partial charge < -0.3 is 15.0 Å². The molecule has 1 aromatic heterocycles. The zero-order chi connectivity index (χ0) is 9.97. The van der Waals surface area contributed by atoms with E-state index in [1.807, 2.05) is 6.92 Å². The number of ether oxygens (including phenoxy) is 1. The largest absolute Gasteiger partial charge is 0.368 e. The minimum Gasteiger partial charge on any atom is -0.368 e. The van der Waals surface area contributed by atoms with Crippen molar-refractivity contribution in [3.05, 3.63) is 11.7 Å². The third-order valence-electron chi connectivity index (χ3n) is 2.43. The van der Waals surface area contributed by atoms with Crippen LogP contribution in [0.4, 0.5) is 0 Å². The van der Waals surface area contributed by atoms with E-state index in [9.17, 15) is 0 Å². The van der Waals surface area contributed by atoms with Gasteiger partial charge in [-0.1, -0.05) is 12.1 Å². The highest BCUT2D eigenvalue weighted by molar-refractivity contribution is 5.85. The Morgan fingerprint density at radius 1 is 1.60 bits per heavy atom. The highest BCUT2D eigenvalue weighted by Gasteiger charge is 2.24. The second kappa shape index (κ2) is 5.44. The van der Waals surface area contributed by atoms with Crippen LogP contribution in [0.2, 0.25) is 0 Å². The van der Waals surface area contributed by atoms with Gasteiger partial charge in [-0.25, -0.2) is 0 Å². The monoisotopic (exact) mass is 233 g/mol. The first-order valence-corrected chi connectivity index (χ1v) is 5.02. The fourth-order valence-electron chi connectivity index (χ4n) is 1.48. The van der Waals surface area contributed by atoms with Crippen molar-refractivity contribution >= 4 is 12.4 Å². The molecule has 6 heteroatoms. The van der Waals surface area contributed by atoms with Gasteiger partial charge in [0.25, 0.3) is 5.89 Å². The summed E-state index contributed by atoms with van der Waals surface area (Å²) in [5.74, 6) is 1.15. The van der Waals surface area contributed by atoms with Crippen LogP contribution in [0.25, 0.3) is 0 Å². The first-order chi connectivity index (χ1) is 6.81. The lowest BCUT2D eigenvalue weighted by Crippen LogP contribution is -2.10. The third-order valence-corrected chi connectivity index (χ3v) is 2.43. The molecule has 0 saturated carbocycles. The average molecular weight is 234 g/mol. The van der Waals surface area contributed by atoms with E-state index in [1.54, 1.807) is 0 Å². The molecule has 1 unspecified atom stereocenters. The smallest absolute Gasteiger partial charge is 0.255 e. The molecule has 1 aliphatic heterocycles. The van der Waals surface area contributed by atoms with Gasteiger partial charge in [0.15, 0.2) is 5.82 Å². The van der Waals surface area contributed by atoms with Gasteiger partial charge in [-0.3, -0.25) is 0 Å². The van der Waals surface area contributed by atoms with E-state index in [0.717, 1.165) is 25.9 Å². The summed E-state index contributed by atoms with van der Waals surface area (Å²) >= 11 is 0. The van der Waals surface area contributed by atoms with E-state index < -0.39 is 0 Å². The van der Waals surface area contributed by atoms with Crippen molar-refractivity contribution in [2.24, 2.45) is 5.73 Å². The van der Waals surface area contributed by atoms with Gasteiger partial charge in [-0.05, 0) is 19.3 Å². The van der Waals surface area contributed by atoms with Crippen LogP contribution in [0, 0.1) is 0 Å². The Kier molecular flexibility index (Phi) is 4.50. The standard InChI is InChI=1S/C9H15N3O2.ClH/c1-2-6(10)8-11-9(14-12-8)7-4-3-5-13-7;/h6-7H,2-5,10H2,1H3;1H/t6?,7-;/m0./s1. The van der Waals surface area contributed by atoms with Crippen LogP contribution in [0.1, 0.15) is 50.0 Å². The Balaban J connectivity index is 0.00000112. The van der Waals surface area contributed by atoms with Crippen LogP contribution >= 0.6 is 12.4 Å². The first-order valence-electron chi connectivity index (χ1n) is 5.02. The summed E-state index contributed by atoms with van der Waals surface area (Å²) in [5.41, 5.74) is 5.78. The topological polar surface area (TPSA) is 74.2 Å². The lowest BCUT2D eigenvalue weighted by atomic mass is 10.2. The fourth-order valence-corrected chi connectivity index (χ4v) is 1.48. The van der Waals surface area contributed by atoms with Gasteiger partial charge in [-0.15, -0.1) is 12.4 Å². The van der Waals surface area contributed by atoms with E-state index in [4.69, 9.17) is 15.0 Å². The van der Waals surface area contributed by atoms with E-state index in [0.29, 0.717) is 11.7 Å². The molecule has 2 atom stereocenters. The second-order valence-corrected chi connectivity index (χ2v) is 3.51. The predicted molar refractivity (Wildman–Crippen MR) is 56.7 cm³/mol. The number of halogens is 1. The molecule has 1 saturated heterocycles. The Bertz CT molecular complexity index is 299. The normalized spacial score (nSPS) is 22.4. The average Bonchev–Trinajstić information content (AvgIpc) is 2.86. The zero-order valence-corrected chi connectivity index (χ0v) is 9.50. The van der Waals surface area contributed by atoms with Gasteiger partial charge in [-0.2, -0.15) is 4.98 Å². The number of rotatable bonds is 3. The van der Waals surface area contributed by atoms with Crippen LogP contribution in [0.5, 0.6) is 0 Å². The van der Waals surface area contributed by atoms with Crippen molar-refractivity contribution in [1.29, 1.82) is 0 Å². The lowest BCUT2D eigenvalue weighted by molar-refractivity contribution is 0.0835. The van der Waals surface area contributed by atoms with Gasteiger partial charge in [0, 0.05) is 6.61 Å². The van der Waals surface area contributed by atoms with E-state index in [-0.39, 0.29) is 24.6 Å². The molecule has 0 aromatic carbocycles. The molecule has 2 N–H and O–H groups in total. The summed E-state index contributed by atoms with van der Waals surface area (Å²) in [7, 11) is 0. The van der Waals surface area contributed by atoms with Gasteiger partial charge in [0.1, 0.15) is 6.10 Å². The second-order valence-electron chi connectivity index (χ2n) is 3.51. The van der Waals surface area contributed by atoms with Crippen molar-refractivity contribution in [3.8, 4) is 0 Å². The van der Waals surface area contributed by atoms with Gasteiger partial charge in [0.2, 0.25) is 0 Å². The number of nitrogens with two attached hydrogens (primary N) is 1. The highest BCUT2D eigenvalue weighted by Crippen LogP contribution is 2.27. The van der Waals surface area contributed by atoms with Crippen LogP contribution in [0.15, 0.2) is 4.52 Å². The molecule has 0 spiro atoms. The van der Waals surface area contributed by atoms with Crippen molar-refractivity contribution in [2.45, 2.75) is 38.3 Å². The summed E-state index contributed by atoms with van der Waals surface area (Å²) < 4.78 is 10.5. The third kappa shape index (κ3) is 2.68. The molecule has 0 aliphatic carbocycles. The van der Waals surface area contributed by atoms with Crippen LogP contribution in [0.3, 0.4) is 0 Å². The fraction of sp³-hybridized carbons (Fsp3) is 0.778.